The maximum atomic E-state index is 12.5. The molecule has 0 saturated carbocycles. The van der Waals surface area contributed by atoms with E-state index in [4.69, 9.17) is 18.9 Å². The van der Waals surface area contributed by atoms with E-state index in [1.165, 1.54) is 5.56 Å². The van der Waals surface area contributed by atoms with E-state index >= 15 is 0 Å². The van der Waals surface area contributed by atoms with Gasteiger partial charge in [-0.15, -0.1) is 0 Å². The first kappa shape index (κ1) is 18.4. The van der Waals surface area contributed by atoms with Crippen molar-refractivity contribution in [3.63, 3.8) is 0 Å². The van der Waals surface area contributed by atoms with Crippen LogP contribution in [-0.4, -0.2) is 39.7 Å². The van der Waals surface area contributed by atoms with E-state index in [1.807, 2.05) is 12.1 Å². The summed E-state index contributed by atoms with van der Waals surface area (Å²) in [5.41, 5.74) is 1.68. The predicted octanol–water partition coefficient (Wildman–Crippen LogP) is 3.29. The van der Waals surface area contributed by atoms with E-state index in [0.717, 1.165) is 18.6 Å². The lowest BCUT2D eigenvalue weighted by atomic mass is 9.74. The van der Waals surface area contributed by atoms with Crippen molar-refractivity contribution >= 4 is 11.7 Å². The van der Waals surface area contributed by atoms with Crippen LogP contribution in [0.5, 0.6) is 17.2 Å². The van der Waals surface area contributed by atoms with Gasteiger partial charge in [0.15, 0.2) is 11.5 Å². The number of carbonyl (C=O) groups is 1. The fourth-order valence-electron chi connectivity index (χ4n) is 3.67. The first-order chi connectivity index (χ1) is 13.7. The van der Waals surface area contributed by atoms with Crippen molar-refractivity contribution in [3.05, 3.63) is 48.0 Å². The van der Waals surface area contributed by atoms with Crippen molar-refractivity contribution in [1.82, 2.24) is 5.32 Å². The Balaban J connectivity index is 1.43. The lowest BCUT2D eigenvalue weighted by Gasteiger charge is -2.38. The molecule has 0 radical (unpaired) electrons. The van der Waals surface area contributed by atoms with Crippen LogP contribution < -0.4 is 24.8 Å². The number of carbonyl (C=O) groups excluding carboxylic acids is 1. The van der Waals surface area contributed by atoms with Gasteiger partial charge in [0, 0.05) is 36.9 Å². The summed E-state index contributed by atoms with van der Waals surface area (Å²) in [7, 11) is 1.65. The van der Waals surface area contributed by atoms with E-state index in [2.05, 4.69) is 22.8 Å². The molecular weight excluding hydrogens is 360 g/mol. The molecule has 2 aromatic rings. The number of hydrogen-bond acceptors (Lipinski definition) is 5. The SMILES string of the molecule is COc1ccc(C2(CNC(=O)Nc3ccc4c(c3)OCO4)CCOCC2)cc1. The number of hydrogen-bond donors (Lipinski definition) is 2. The number of methoxy groups -OCH3 is 1. The largest absolute Gasteiger partial charge is 0.497 e. The zero-order valence-electron chi connectivity index (χ0n) is 15.8. The fourth-order valence-corrected chi connectivity index (χ4v) is 3.67. The first-order valence-corrected chi connectivity index (χ1v) is 9.35. The minimum atomic E-state index is -0.252. The Labute approximate surface area is 163 Å². The summed E-state index contributed by atoms with van der Waals surface area (Å²) in [5, 5.41) is 5.89. The molecule has 2 aromatic carbocycles. The highest BCUT2D eigenvalue weighted by molar-refractivity contribution is 5.89. The summed E-state index contributed by atoms with van der Waals surface area (Å²) in [5.74, 6) is 2.14. The van der Waals surface area contributed by atoms with Gasteiger partial charge in [-0.3, -0.25) is 0 Å². The summed E-state index contributed by atoms with van der Waals surface area (Å²) in [4.78, 5) is 12.5. The van der Waals surface area contributed by atoms with E-state index < -0.39 is 0 Å². The predicted molar refractivity (Wildman–Crippen MR) is 104 cm³/mol. The number of benzene rings is 2. The minimum absolute atomic E-state index is 0.156. The van der Waals surface area contributed by atoms with Gasteiger partial charge >= 0.3 is 6.03 Å². The molecule has 0 spiro atoms. The quantitative estimate of drug-likeness (QED) is 0.827. The molecule has 7 nitrogen and oxygen atoms in total. The number of anilines is 1. The van der Waals surface area contributed by atoms with E-state index in [-0.39, 0.29) is 18.2 Å². The van der Waals surface area contributed by atoms with Gasteiger partial charge in [0.1, 0.15) is 5.75 Å². The minimum Gasteiger partial charge on any atom is -0.497 e. The monoisotopic (exact) mass is 384 g/mol. The number of rotatable bonds is 5. The third-order valence-corrected chi connectivity index (χ3v) is 5.37. The van der Waals surface area contributed by atoms with Crippen LogP contribution in [0.2, 0.25) is 0 Å². The molecule has 0 unspecified atom stereocenters. The summed E-state index contributed by atoms with van der Waals surface area (Å²) in [6.45, 7) is 2.09. The summed E-state index contributed by atoms with van der Waals surface area (Å²) in [6, 6.07) is 13.1. The molecule has 4 rings (SSSR count). The van der Waals surface area contributed by atoms with Gasteiger partial charge in [-0.25, -0.2) is 4.79 Å². The average Bonchev–Trinajstić information content (AvgIpc) is 3.21. The van der Waals surface area contributed by atoms with Gasteiger partial charge in [0.05, 0.1) is 7.11 Å². The maximum Gasteiger partial charge on any atom is 0.319 e. The molecule has 0 bridgehead atoms. The highest BCUT2D eigenvalue weighted by Crippen LogP contribution is 2.36. The van der Waals surface area contributed by atoms with Crippen LogP contribution in [0.25, 0.3) is 0 Å². The number of urea groups is 1. The number of fused-ring (bicyclic) bond motifs is 1. The molecule has 2 heterocycles. The molecule has 0 atom stereocenters. The van der Waals surface area contributed by atoms with Crippen molar-refractivity contribution in [2.24, 2.45) is 0 Å². The molecule has 2 aliphatic rings. The Bertz CT molecular complexity index is 831. The smallest absolute Gasteiger partial charge is 0.319 e. The number of amides is 2. The molecule has 0 aromatic heterocycles. The molecule has 28 heavy (non-hydrogen) atoms. The molecule has 148 valence electrons. The average molecular weight is 384 g/mol. The van der Waals surface area contributed by atoms with Gasteiger partial charge in [-0.05, 0) is 42.7 Å². The first-order valence-electron chi connectivity index (χ1n) is 9.35. The molecule has 7 heteroatoms. The van der Waals surface area contributed by atoms with Crippen molar-refractivity contribution in [3.8, 4) is 17.2 Å². The van der Waals surface area contributed by atoms with Gasteiger partial charge in [0.2, 0.25) is 6.79 Å². The Morgan fingerprint density at radius 2 is 1.82 bits per heavy atom. The van der Waals surface area contributed by atoms with Crippen LogP contribution in [-0.2, 0) is 10.2 Å². The normalized spacial score (nSPS) is 17.0. The van der Waals surface area contributed by atoms with Crippen LogP contribution in [0.1, 0.15) is 18.4 Å². The summed E-state index contributed by atoms with van der Waals surface area (Å²) < 4.78 is 21.5. The topological polar surface area (TPSA) is 78.1 Å². The standard InChI is InChI=1S/C21H24N2O5/c1-25-17-5-2-15(3-6-17)21(8-10-26-11-9-21)13-22-20(24)23-16-4-7-18-19(12-16)28-14-27-18/h2-7,12H,8-11,13-14H2,1H3,(H2,22,23,24). The molecular formula is C21H24N2O5. The van der Waals surface area contributed by atoms with E-state index in [1.54, 1.807) is 25.3 Å². The lowest BCUT2D eigenvalue weighted by Crippen LogP contribution is -2.45. The van der Waals surface area contributed by atoms with Crippen molar-refractivity contribution in [2.75, 3.05) is 39.0 Å². The van der Waals surface area contributed by atoms with E-state index in [9.17, 15) is 4.79 Å². The summed E-state index contributed by atoms with van der Waals surface area (Å²) >= 11 is 0. The molecule has 1 saturated heterocycles. The highest BCUT2D eigenvalue weighted by Gasteiger charge is 2.35. The van der Waals surface area contributed by atoms with Crippen LogP contribution in [0, 0.1) is 0 Å². The van der Waals surface area contributed by atoms with Crippen LogP contribution in [0.4, 0.5) is 10.5 Å². The third kappa shape index (κ3) is 3.84. The zero-order chi connectivity index (χ0) is 19.4. The van der Waals surface area contributed by atoms with Gasteiger partial charge in [0.25, 0.3) is 0 Å². The Morgan fingerprint density at radius 3 is 2.57 bits per heavy atom. The number of nitrogens with one attached hydrogen (secondary N) is 2. The molecule has 1 fully saturated rings. The van der Waals surface area contributed by atoms with Crippen molar-refractivity contribution in [2.45, 2.75) is 18.3 Å². The van der Waals surface area contributed by atoms with Gasteiger partial charge in [-0.2, -0.15) is 0 Å². The number of ether oxygens (including phenoxy) is 4. The summed E-state index contributed by atoms with van der Waals surface area (Å²) in [6.07, 6.45) is 1.70. The van der Waals surface area contributed by atoms with Crippen LogP contribution in [0.15, 0.2) is 42.5 Å². The van der Waals surface area contributed by atoms with Crippen LogP contribution >= 0.6 is 0 Å². The Morgan fingerprint density at radius 1 is 1.07 bits per heavy atom. The van der Waals surface area contributed by atoms with Crippen molar-refractivity contribution < 1.29 is 23.7 Å². The second-order valence-corrected chi connectivity index (χ2v) is 7.00. The maximum absolute atomic E-state index is 12.5. The molecule has 2 amide bonds. The van der Waals surface area contributed by atoms with Gasteiger partial charge in [-0.1, -0.05) is 12.1 Å². The zero-order valence-corrected chi connectivity index (χ0v) is 15.8. The van der Waals surface area contributed by atoms with Crippen LogP contribution in [0.3, 0.4) is 0 Å². The van der Waals surface area contributed by atoms with E-state index in [0.29, 0.717) is 36.9 Å². The highest BCUT2D eigenvalue weighted by atomic mass is 16.7. The second-order valence-electron chi connectivity index (χ2n) is 7.00. The molecule has 2 N–H and O–H groups in total. The Kier molecular flexibility index (Phi) is 5.25. The Hall–Kier alpha value is -2.93. The molecule has 0 aliphatic carbocycles. The molecule has 2 aliphatic heterocycles. The third-order valence-electron chi connectivity index (χ3n) is 5.37. The van der Waals surface area contributed by atoms with Crippen molar-refractivity contribution in [1.29, 1.82) is 0 Å². The lowest BCUT2D eigenvalue weighted by molar-refractivity contribution is 0.0508. The fraction of sp³-hybridized carbons (Fsp3) is 0.381. The second kappa shape index (κ2) is 7.98. The van der Waals surface area contributed by atoms with Gasteiger partial charge < -0.3 is 29.6 Å².